The number of aryl methyl sites for hydroxylation is 3. The Morgan fingerprint density at radius 3 is 2.58 bits per heavy atom. The van der Waals surface area contributed by atoms with Crippen LogP contribution >= 0.6 is 11.6 Å². The molecule has 31 heavy (non-hydrogen) atoms. The molecule has 0 saturated carbocycles. The van der Waals surface area contributed by atoms with Crippen molar-refractivity contribution >= 4 is 17.5 Å². The van der Waals surface area contributed by atoms with E-state index in [1.165, 1.54) is 17.5 Å². The van der Waals surface area contributed by atoms with Crippen molar-refractivity contribution < 1.29 is 9.21 Å². The molecule has 4 rings (SSSR count). The number of piperidine rings is 1. The van der Waals surface area contributed by atoms with E-state index in [4.69, 9.17) is 16.0 Å². The van der Waals surface area contributed by atoms with Gasteiger partial charge in [0.1, 0.15) is 0 Å². The molecule has 2 aromatic carbocycles. The van der Waals surface area contributed by atoms with Crippen molar-refractivity contribution in [2.24, 2.45) is 5.92 Å². The van der Waals surface area contributed by atoms with E-state index >= 15 is 0 Å². The van der Waals surface area contributed by atoms with Crippen molar-refractivity contribution in [2.45, 2.75) is 45.4 Å². The molecular weight excluding hydrogens is 408 g/mol. The number of carbonyl (C=O) groups is 1. The smallest absolute Gasteiger partial charge is 0.223 e. The zero-order valence-corrected chi connectivity index (χ0v) is 18.8. The van der Waals surface area contributed by atoms with Gasteiger partial charge in [-0.1, -0.05) is 53.6 Å². The molecule has 1 aliphatic heterocycles. The second-order valence-electron chi connectivity index (χ2n) is 8.45. The molecule has 3 aromatic rings. The fourth-order valence-electron chi connectivity index (χ4n) is 4.18. The first-order valence-corrected chi connectivity index (χ1v) is 11.5. The number of benzene rings is 2. The molecule has 0 bridgehead atoms. The number of oxazole rings is 1. The van der Waals surface area contributed by atoms with Gasteiger partial charge in [0.2, 0.25) is 5.91 Å². The third-order valence-corrected chi connectivity index (χ3v) is 6.50. The summed E-state index contributed by atoms with van der Waals surface area (Å²) in [5.74, 6) is 2.11. The maximum absolute atomic E-state index is 12.7. The summed E-state index contributed by atoms with van der Waals surface area (Å²) in [7, 11) is 0. The van der Waals surface area contributed by atoms with E-state index in [2.05, 4.69) is 36.2 Å². The average Bonchev–Trinajstić information content (AvgIpc) is 3.26. The van der Waals surface area contributed by atoms with Gasteiger partial charge in [0, 0.05) is 31.5 Å². The molecular formula is C26H29ClN2O2. The summed E-state index contributed by atoms with van der Waals surface area (Å²) < 4.78 is 5.82. The number of halogens is 1. The predicted molar refractivity (Wildman–Crippen MR) is 124 cm³/mol. The van der Waals surface area contributed by atoms with Crippen LogP contribution in [0.25, 0.3) is 11.3 Å². The van der Waals surface area contributed by atoms with Crippen molar-refractivity contribution in [3.63, 3.8) is 0 Å². The van der Waals surface area contributed by atoms with Gasteiger partial charge in [-0.05, 0) is 56.2 Å². The second kappa shape index (κ2) is 10.1. The Morgan fingerprint density at radius 2 is 1.84 bits per heavy atom. The third kappa shape index (κ3) is 5.76. The Labute approximate surface area is 189 Å². The first kappa shape index (κ1) is 21.6. The van der Waals surface area contributed by atoms with Crippen LogP contribution < -0.4 is 0 Å². The first-order valence-electron chi connectivity index (χ1n) is 11.1. The molecule has 0 aliphatic carbocycles. The van der Waals surface area contributed by atoms with Gasteiger partial charge in [-0.2, -0.15) is 0 Å². The summed E-state index contributed by atoms with van der Waals surface area (Å²) in [6.45, 7) is 3.83. The number of hydrogen-bond donors (Lipinski definition) is 0. The van der Waals surface area contributed by atoms with Gasteiger partial charge < -0.3 is 9.32 Å². The minimum atomic E-state index is 0.189. The zero-order valence-electron chi connectivity index (χ0n) is 18.0. The Hall–Kier alpha value is -2.59. The number of amides is 1. The molecule has 4 nitrogen and oxygen atoms in total. The van der Waals surface area contributed by atoms with Crippen LogP contribution in [0, 0.1) is 12.8 Å². The molecule has 5 heteroatoms. The molecule has 1 aliphatic rings. The largest absolute Gasteiger partial charge is 0.441 e. The molecule has 1 fully saturated rings. The van der Waals surface area contributed by atoms with E-state index in [1.54, 1.807) is 6.20 Å². The number of carbonyl (C=O) groups excluding carboxylic acids is 1. The molecule has 0 radical (unpaired) electrons. The summed E-state index contributed by atoms with van der Waals surface area (Å²) in [6, 6.07) is 16.4. The quantitative estimate of drug-likeness (QED) is 0.449. The van der Waals surface area contributed by atoms with E-state index in [0.29, 0.717) is 35.4 Å². The highest BCUT2D eigenvalue weighted by molar-refractivity contribution is 6.33. The van der Waals surface area contributed by atoms with Crippen molar-refractivity contribution in [1.82, 2.24) is 9.88 Å². The van der Waals surface area contributed by atoms with Gasteiger partial charge in [-0.25, -0.2) is 4.98 Å². The Balaban J connectivity index is 1.21. The summed E-state index contributed by atoms with van der Waals surface area (Å²) in [4.78, 5) is 19.0. The van der Waals surface area contributed by atoms with Crippen molar-refractivity contribution in [1.29, 1.82) is 0 Å². The van der Waals surface area contributed by atoms with Gasteiger partial charge in [0.15, 0.2) is 11.7 Å². The van der Waals surface area contributed by atoms with Crippen molar-refractivity contribution in [3.8, 4) is 11.3 Å². The number of likely N-dealkylation sites (tertiary alicyclic amines) is 1. The zero-order chi connectivity index (χ0) is 21.6. The summed E-state index contributed by atoms with van der Waals surface area (Å²) in [5.41, 5.74) is 3.54. The van der Waals surface area contributed by atoms with E-state index < -0.39 is 0 Å². The molecule has 0 spiro atoms. The van der Waals surface area contributed by atoms with E-state index in [1.807, 2.05) is 29.2 Å². The van der Waals surface area contributed by atoms with Crippen LogP contribution in [0.4, 0.5) is 0 Å². The molecule has 2 heterocycles. The highest BCUT2D eigenvalue weighted by atomic mass is 35.5. The average molecular weight is 437 g/mol. The molecule has 0 atom stereocenters. The lowest BCUT2D eigenvalue weighted by molar-refractivity contribution is -0.132. The van der Waals surface area contributed by atoms with Crippen LogP contribution in [0.1, 0.15) is 42.7 Å². The highest BCUT2D eigenvalue weighted by Gasteiger charge is 2.23. The molecule has 162 valence electrons. The lowest BCUT2D eigenvalue weighted by atomic mass is 9.90. The van der Waals surface area contributed by atoms with Gasteiger partial charge in [0.05, 0.1) is 11.2 Å². The summed E-state index contributed by atoms with van der Waals surface area (Å²) >= 11 is 6.22. The molecule has 0 unspecified atom stereocenters. The molecule has 0 N–H and O–H groups in total. The predicted octanol–water partition coefficient (Wildman–Crippen LogP) is 6.11. The minimum Gasteiger partial charge on any atom is -0.441 e. The molecule has 1 amide bonds. The van der Waals surface area contributed by atoms with Crippen LogP contribution in [0.2, 0.25) is 5.02 Å². The van der Waals surface area contributed by atoms with E-state index in [9.17, 15) is 4.79 Å². The van der Waals surface area contributed by atoms with E-state index in [-0.39, 0.29) is 5.91 Å². The maximum Gasteiger partial charge on any atom is 0.223 e. The van der Waals surface area contributed by atoms with Gasteiger partial charge >= 0.3 is 0 Å². The Kier molecular flexibility index (Phi) is 7.08. The fourth-order valence-corrected chi connectivity index (χ4v) is 4.41. The monoisotopic (exact) mass is 436 g/mol. The van der Waals surface area contributed by atoms with Crippen LogP contribution in [-0.4, -0.2) is 28.9 Å². The van der Waals surface area contributed by atoms with Gasteiger partial charge in [-0.3, -0.25) is 4.79 Å². The summed E-state index contributed by atoms with van der Waals surface area (Å²) in [6.07, 6.45) is 7.12. The van der Waals surface area contributed by atoms with Crippen molar-refractivity contribution in [3.05, 3.63) is 76.8 Å². The third-order valence-electron chi connectivity index (χ3n) is 6.17. The minimum absolute atomic E-state index is 0.189. The topological polar surface area (TPSA) is 46.3 Å². The standard InChI is InChI=1S/C26H29ClN2O2/c1-19-6-8-20(9-7-19)10-11-21-14-16-29(17-15-21)26(30)13-12-25-28-18-24(31-25)22-4-2-3-5-23(22)27/h2-9,18,21H,10-17H2,1H3. The molecule has 1 aromatic heterocycles. The first-order chi connectivity index (χ1) is 15.1. The lowest BCUT2D eigenvalue weighted by Gasteiger charge is -2.32. The second-order valence-corrected chi connectivity index (χ2v) is 8.85. The van der Waals surface area contributed by atoms with E-state index in [0.717, 1.165) is 37.9 Å². The van der Waals surface area contributed by atoms with Crippen LogP contribution in [0.5, 0.6) is 0 Å². The summed E-state index contributed by atoms with van der Waals surface area (Å²) in [5, 5.41) is 0.631. The maximum atomic E-state index is 12.7. The van der Waals surface area contributed by atoms with Crippen LogP contribution in [0.15, 0.2) is 59.1 Å². The van der Waals surface area contributed by atoms with Crippen LogP contribution in [0.3, 0.4) is 0 Å². The molecule has 1 saturated heterocycles. The lowest BCUT2D eigenvalue weighted by Crippen LogP contribution is -2.38. The number of hydrogen-bond acceptors (Lipinski definition) is 3. The number of aromatic nitrogens is 1. The highest BCUT2D eigenvalue weighted by Crippen LogP contribution is 2.28. The van der Waals surface area contributed by atoms with Gasteiger partial charge in [0.25, 0.3) is 0 Å². The van der Waals surface area contributed by atoms with Gasteiger partial charge in [-0.15, -0.1) is 0 Å². The SMILES string of the molecule is Cc1ccc(CCC2CCN(C(=O)CCc3ncc(-c4ccccc4Cl)o3)CC2)cc1. The normalized spacial score (nSPS) is 14.7. The fraction of sp³-hybridized carbons (Fsp3) is 0.385. The van der Waals surface area contributed by atoms with Crippen molar-refractivity contribution in [2.75, 3.05) is 13.1 Å². The number of rotatable bonds is 7. The van der Waals surface area contributed by atoms with Crippen LogP contribution in [-0.2, 0) is 17.6 Å². The number of nitrogens with zero attached hydrogens (tertiary/aromatic N) is 2. The Bertz CT molecular complexity index is 1000. The Morgan fingerprint density at radius 1 is 1.10 bits per heavy atom.